The fraction of sp³-hybridized carbons (Fsp3) is 0.636. The molecule has 0 spiro atoms. The van der Waals surface area contributed by atoms with Crippen molar-refractivity contribution in [3.8, 4) is 0 Å². The van der Waals surface area contributed by atoms with Gasteiger partial charge in [-0.05, 0) is 13.3 Å². The first-order chi connectivity index (χ1) is 8.73. The van der Waals surface area contributed by atoms with Gasteiger partial charge in [0, 0.05) is 20.1 Å². The number of nitrogens with two attached hydrogens (primary N) is 1. The molecule has 1 fully saturated rings. The summed E-state index contributed by atoms with van der Waals surface area (Å²) in [7, 11) is 0.656. The van der Waals surface area contributed by atoms with Crippen LogP contribution in [0.5, 0.6) is 0 Å². The van der Waals surface area contributed by atoms with E-state index in [-0.39, 0.29) is 23.4 Å². The zero-order valence-corrected chi connectivity index (χ0v) is 12.2. The molecule has 19 heavy (non-hydrogen) atoms. The van der Waals surface area contributed by atoms with Crippen LogP contribution in [0.4, 0.5) is 5.82 Å². The normalized spacial score (nSPS) is 21.5. The lowest BCUT2D eigenvalue weighted by atomic mass is 10.1. The van der Waals surface area contributed by atoms with E-state index < -0.39 is 9.84 Å². The van der Waals surface area contributed by atoms with Crippen LogP contribution in [-0.2, 0) is 16.9 Å². The van der Waals surface area contributed by atoms with Crippen molar-refractivity contribution < 1.29 is 8.42 Å². The Morgan fingerprint density at radius 1 is 1.58 bits per heavy atom. The molecule has 8 heteroatoms. The third-order valence-electron chi connectivity index (χ3n) is 3.55. The van der Waals surface area contributed by atoms with E-state index in [1.807, 2.05) is 11.9 Å². The number of rotatable bonds is 3. The molecule has 0 amide bonds. The van der Waals surface area contributed by atoms with Gasteiger partial charge in [0.25, 0.3) is 0 Å². The summed E-state index contributed by atoms with van der Waals surface area (Å²) < 4.78 is 24.8. The monoisotopic (exact) mass is 285 g/mol. The van der Waals surface area contributed by atoms with Gasteiger partial charge in [0.2, 0.25) is 0 Å². The molecule has 1 atom stereocenters. The molecule has 7 nitrogen and oxygen atoms in total. The molecule has 0 aromatic carbocycles. The van der Waals surface area contributed by atoms with Crippen molar-refractivity contribution >= 4 is 21.5 Å². The van der Waals surface area contributed by atoms with Gasteiger partial charge in [-0.25, -0.2) is 8.42 Å². The van der Waals surface area contributed by atoms with Crippen LogP contribution in [0.25, 0.3) is 0 Å². The molecule has 106 valence electrons. The van der Waals surface area contributed by atoms with Gasteiger partial charge in [0.05, 0.1) is 22.8 Å². The lowest BCUT2D eigenvalue weighted by Crippen LogP contribution is -2.35. The summed E-state index contributed by atoms with van der Waals surface area (Å²) in [4.78, 5) is 1.88. The van der Waals surface area contributed by atoms with Gasteiger partial charge in [-0.1, -0.05) is 0 Å². The molecule has 2 rings (SSSR count). The number of aryl methyl sites for hydroxylation is 2. The van der Waals surface area contributed by atoms with Gasteiger partial charge < -0.3 is 10.6 Å². The summed E-state index contributed by atoms with van der Waals surface area (Å²) in [6, 6.07) is -0.0853. The van der Waals surface area contributed by atoms with Gasteiger partial charge in [0.1, 0.15) is 11.7 Å². The second kappa shape index (κ2) is 4.52. The lowest BCUT2D eigenvalue weighted by molar-refractivity contribution is 0.600. The van der Waals surface area contributed by atoms with Crippen LogP contribution in [0.3, 0.4) is 0 Å². The Morgan fingerprint density at radius 2 is 2.21 bits per heavy atom. The Bertz CT molecular complexity index is 619. The number of hydrogen-bond donors (Lipinski definition) is 2. The first-order valence-electron chi connectivity index (χ1n) is 6.04. The summed E-state index contributed by atoms with van der Waals surface area (Å²) in [5.41, 5.74) is 6.86. The van der Waals surface area contributed by atoms with Crippen LogP contribution >= 0.6 is 0 Å². The van der Waals surface area contributed by atoms with E-state index in [1.165, 1.54) is 0 Å². The maximum Gasteiger partial charge on any atom is 0.152 e. The highest BCUT2D eigenvalue weighted by Crippen LogP contribution is 2.27. The molecule has 1 aromatic rings. The topological polar surface area (TPSA) is 105 Å². The van der Waals surface area contributed by atoms with Gasteiger partial charge in [0.15, 0.2) is 9.84 Å². The number of nitrogens with one attached hydrogen (secondary N) is 1. The summed E-state index contributed by atoms with van der Waals surface area (Å²) in [5.74, 6) is 1.01. The average molecular weight is 285 g/mol. The Kier molecular flexibility index (Phi) is 3.29. The Morgan fingerprint density at radius 3 is 2.68 bits per heavy atom. The SMILES string of the molecule is Cc1nn(C)c(N(C)C2CCS(=O)(=O)C2)c1C(=N)N. The van der Waals surface area contributed by atoms with Gasteiger partial charge in [-0.3, -0.25) is 10.1 Å². The number of anilines is 1. The second-order valence-corrected chi connectivity index (χ2v) is 7.22. The molecule has 1 aromatic heterocycles. The largest absolute Gasteiger partial charge is 0.384 e. The minimum atomic E-state index is -2.94. The highest BCUT2D eigenvalue weighted by Gasteiger charge is 2.33. The van der Waals surface area contributed by atoms with E-state index in [0.29, 0.717) is 23.5 Å². The van der Waals surface area contributed by atoms with Crippen molar-refractivity contribution in [3.05, 3.63) is 11.3 Å². The minimum absolute atomic E-state index is 0.0479. The van der Waals surface area contributed by atoms with Crippen molar-refractivity contribution in [3.63, 3.8) is 0 Å². The molecule has 3 N–H and O–H groups in total. The van der Waals surface area contributed by atoms with E-state index in [4.69, 9.17) is 11.1 Å². The zero-order chi connectivity index (χ0) is 14.4. The highest BCUT2D eigenvalue weighted by molar-refractivity contribution is 7.91. The number of nitrogens with zero attached hydrogens (tertiary/aromatic N) is 3. The fourth-order valence-electron chi connectivity index (χ4n) is 2.62. The Balaban J connectivity index is 2.40. The molecule has 1 saturated heterocycles. The van der Waals surface area contributed by atoms with E-state index >= 15 is 0 Å². The Hall–Kier alpha value is -1.57. The quantitative estimate of drug-likeness (QED) is 0.582. The third-order valence-corrected chi connectivity index (χ3v) is 5.30. The average Bonchev–Trinajstić information content (AvgIpc) is 2.77. The van der Waals surface area contributed by atoms with E-state index in [1.54, 1.807) is 18.7 Å². The molecule has 2 heterocycles. The lowest BCUT2D eigenvalue weighted by Gasteiger charge is -2.26. The predicted molar refractivity (Wildman–Crippen MR) is 74.4 cm³/mol. The molecule has 0 radical (unpaired) electrons. The maximum absolute atomic E-state index is 11.6. The minimum Gasteiger partial charge on any atom is -0.384 e. The molecule has 0 saturated carbocycles. The molecular formula is C11H19N5O2S. The first-order valence-corrected chi connectivity index (χ1v) is 7.86. The van der Waals surface area contributed by atoms with Crippen LogP contribution in [0.1, 0.15) is 17.7 Å². The predicted octanol–water partition coefficient (Wildman–Crippen LogP) is -0.364. The third kappa shape index (κ3) is 2.44. The smallest absolute Gasteiger partial charge is 0.152 e. The number of nitrogen functional groups attached to an aromatic ring is 1. The molecule has 1 aliphatic heterocycles. The standard InChI is InChI=1S/C11H19N5O2S/c1-7-9(10(12)13)11(16(3)14-7)15(2)8-4-5-19(17,18)6-8/h8H,4-6H2,1-3H3,(H3,12,13). The van der Waals surface area contributed by atoms with Crippen LogP contribution in [0.15, 0.2) is 0 Å². The number of amidine groups is 1. The maximum atomic E-state index is 11.6. The molecule has 0 aliphatic carbocycles. The van der Waals surface area contributed by atoms with E-state index in [2.05, 4.69) is 5.10 Å². The van der Waals surface area contributed by atoms with Crippen molar-refractivity contribution in [2.45, 2.75) is 19.4 Å². The first kappa shape index (κ1) is 13.9. The fourth-order valence-corrected chi connectivity index (χ4v) is 4.39. The van der Waals surface area contributed by atoms with Crippen LogP contribution in [0.2, 0.25) is 0 Å². The highest BCUT2D eigenvalue weighted by atomic mass is 32.2. The zero-order valence-electron chi connectivity index (χ0n) is 11.3. The molecule has 1 unspecified atom stereocenters. The summed E-state index contributed by atoms with van der Waals surface area (Å²) in [6.45, 7) is 1.79. The van der Waals surface area contributed by atoms with E-state index in [0.717, 1.165) is 0 Å². The van der Waals surface area contributed by atoms with Crippen molar-refractivity contribution in [2.24, 2.45) is 12.8 Å². The summed E-state index contributed by atoms with van der Waals surface area (Å²) in [5, 5.41) is 11.9. The second-order valence-electron chi connectivity index (χ2n) is 4.99. The number of sulfone groups is 1. The van der Waals surface area contributed by atoms with Crippen LogP contribution in [-0.4, -0.2) is 48.6 Å². The van der Waals surface area contributed by atoms with Crippen molar-refractivity contribution in [1.82, 2.24) is 9.78 Å². The van der Waals surface area contributed by atoms with Gasteiger partial charge >= 0.3 is 0 Å². The summed E-state index contributed by atoms with van der Waals surface area (Å²) >= 11 is 0. The van der Waals surface area contributed by atoms with Gasteiger partial charge in [-0.15, -0.1) is 0 Å². The number of hydrogen-bond acceptors (Lipinski definition) is 5. The van der Waals surface area contributed by atoms with Crippen LogP contribution < -0.4 is 10.6 Å². The van der Waals surface area contributed by atoms with Crippen LogP contribution in [0, 0.1) is 12.3 Å². The molecular weight excluding hydrogens is 266 g/mol. The molecule has 0 bridgehead atoms. The molecule has 1 aliphatic rings. The van der Waals surface area contributed by atoms with E-state index in [9.17, 15) is 8.42 Å². The number of aromatic nitrogens is 2. The van der Waals surface area contributed by atoms with Crippen molar-refractivity contribution in [2.75, 3.05) is 23.5 Å². The summed E-state index contributed by atoms with van der Waals surface area (Å²) in [6.07, 6.45) is 0.598. The van der Waals surface area contributed by atoms with Crippen molar-refractivity contribution in [1.29, 1.82) is 5.41 Å². The van der Waals surface area contributed by atoms with Gasteiger partial charge in [-0.2, -0.15) is 5.10 Å². The Labute approximate surface area is 112 Å².